The van der Waals surface area contributed by atoms with Gasteiger partial charge in [0.1, 0.15) is 0 Å². The summed E-state index contributed by atoms with van der Waals surface area (Å²) in [6.45, 7) is 2.81. The number of hydrogen-bond donors (Lipinski definition) is 3. The highest BCUT2D eigenvalue weighted by atomic mass is 16.5. The summed E-state index contributed by atoms with van der Waals surface area (Å²) >= 11 is 0. The first kappa shape index (κ1) is 22.9. The van der Waals surface area contributed by atoms with E-state index in [0.717, 1.165) is 12.6 Å². The van der Waals surface area contributed by atoms with Crippen LogP contribution in [0.25, 0.3) is 0 Å². The van der Waals surface area contributed by atoms with Crippen LogP contribution in [-0.4, -0.2) is 58.7 Å². The van der Waals surface area contributed by atoms with Crippen LogP contribution in [0.5, 0.6) is 11.5 Å². The Morgan fingerprint density at radius 3 is 2.73 bits per heavy atom. The molecule has 10 heteroatoms. The van der Waals surface area contributed by atoms with E-state index in [2.05, 4.69) is 9.97 Å². The van der Waals surface area contributed by atoms with Crippen LogP contribution >= 0.6 is 0 Å². The lowest BCUT2D eigenvalue weighted by Gasteiger charge is -2.27. The molecule has 2 aromatic rings. The number of benzene rings is 1. The number of carbonyl (C=O) groups excluding carboxylic acids is 1. The van der Waals surface area contributed by atoms with Crippen LogP contribution in [0.1, 0.15) is 35.0 Å². The monoisotopic (exact) mass is 418 g/mol. The first-order valence-corrected chi connectivity index (χ1v) is 9.42. The van der Waals surface area contributed by atoms with Gasteiger partial charge in [0.25, 0.3) is 17.4 Å². The molecule has 0 bridgehead atoms. The van der Waals surface area contributed by atoms with Gasteiger partial charge in [-0.3, -0.25) is 14.4 Å². The van der Waals surface area contributed by atoms with Crippen LogP contribution in [0.15, 0.2) is 29.3 Å². The van der Waals surface area contributed by atoms with E-state index in [1.54, 1.807) is 30.2 Å². The number of nitrogens with zero attached hydrogens (tertiary/aromatic N) is 2. The van der Waals surface area contributed by atoms with Gasteiger partial charge in [0.15, 0.2) is 11.5 Å². The maximum absolute atomic E-state index is 12.9. The van der Waals surface area contributed by atoms with Crippen molar-refractivity contribution >= 4 is 11.9 Å². The molecule has 1 aromatic carbocycles. The molecule has 0 spiro atoms. The topological polar surface area (TPSA) is 148 Å². The Morgan fingerprint density at radius 1 is 1.33 bits per heavy atom. The summed E-state index contributed by atoms with van der Waals surface area (Å²) in [5.74, 6) is 0.0668. The van der Waals surface area contributed by atoms with Gasteiger partial charge >= 0.3 is 0 Å². The van der Waals surface area contributed by atoms with Crippen molar-refractivity contribution in [3.8, 4) is 11.5 Å². The predicted molar refractivity (Wildman–Crippen MR) is 109 cm³/mol. The molecule has 30 heavy (non-hydrogen) atoms. The van der Waals surface area contributed by atoms with E-state index in [-0.39, 0.29) is 18.0 Å². The molecule has 0 fully saturated rings. The predicted octanol–water partition coefficient (Wildman–Crippen LogP) is 0.796. The fraction of sp³-hybridized carbons (Fsp3) is 0.400. The van der Waals surface area contributed by atoms with Crippen LogP contribution in [0.3, 0.4) is 0 Å². The van der Waals surface area contributed by atoms with E-state index in [1.165, 1.54) is 6.33 Å². The Balaban J connectivity index is 0.000000735. The molecule has 1 amide bonds. The van der Waals surface area contributed by atoms with E-state index in [4.69, 9.17) is 25.1 Å². The average molecular weight is 418 g/mol. The molecule has 0 radical (unpaired) electrons. The molecular formula is C20H26N4O6. The Morgan fingerprint density at radius 2 is 2.07 bits per heavy atom. The van der Waals surface area contributed by atoms with Crippen molar-refractivity contribution in [1.29, 1.82) is 0 Å². The summed E-state index contributed by atoms with van der Waals surface area (Å²) in [7, 11) is 1.55. The minimum Gasteiger partial charge on any atom is -0.493 e. The van der Waals surface area contributed by atoms with Crippen molar-refractivity contribution < 1.29 is 24.2 Å². The molecule has 10 nitrogen and oxygen atoms in total. The third kappa shape index (κ3) is 6.05. The van der Waals surface area contributed by atoms with E-state index in [9.17, 15) is 9.59 Å². The van der Waals surface area contributed by atoms with Crippen LogP contribution in [0, 0.1) is 0 Å². The number of hydrogen-bond acceptors (Lipinski definition) is 7. The van der Waals surface area contributed by atoms with Crippen molar-refractivity contribution in [2.75, 3.05) is 26.8 Å². The van der Waals surface area contributed by atoms with Crippen LogP contribution < -0.4 is 20.8 Å². The molecule has 0 aliphatic carbocycles. The summed E-state index contributed by atoms with van der Waals surface area (Å²) < 4.78 is 11.0. The van der Waals surface area contributed by atoms with Gasteiger partial charge in [-0.05, 0) is 31.2 Å². The van der Waals surface area contributed by atoms with Gasteiger partial charge in [-0.25, -0.2) is 4.98 Å². The smallest absolute Gasteiger partial charge is 0.300 e. The summed E-state index contributed by atoms with van der Waals surface area (Å²) in [6, 6.07) is 5.07. The van der Waals surface area contributed by atoms with E-state index < -0.39 is 5.97 Å². The van der Waals surface area contributed by atoms with Gasteiger partial charge in [0.05, 0.1) is 37.8 Å². The molecule has 2 heterocycles. The Hall–Kier alpha value is -3.40. The molecule has 0 saturated heterocycles. The number of carboxylic acid groups (broad SMARTS) is 1. The number of methoxy groups -OCH3 is 1. The van der Waals surface area contributed by atoms with E-state index in [0.29, 0.717) is 55.2 Å². The third-order valence-corrected chi connectivity index (χ3v) is 4.31. The quantitative estimate of drug-likeness (QED) is 0.583. The standard InChI is InChI=1S/C18H22N4O4.C2H4O2/c1-25-15-4-3-12(9-16(15)26-8-2-6-19)18(24)22-7-5-14-13(10-22)17(23)21-11-20-14;1-2(3)4/h3-4,9,11H,2,5-8,10,19H2,1H3,(H,20,21,23);1H3,(H,3,4). The van der Waals surface area contributed by atoms with Crippen molar-refractivity contribution in [3.05, 3.63) is 51.7 Å². The first-order valence-electron chi connectivity index (χ1n) is 9.42. The number of H-pyrrole nitrogens is 1. The van der Waals surface area contributed by atoms with Crippen molar-refractivity contribution in [2.45, 2.75) is 26.3 Å². The molecule has 1 aromatic heterocycles. The van der Waals surface area contributed by atoms with Gasteiger partial charge in [0, 0.05) is 25.5 Å². The van der Waals surface area contributed by atoms with Gasteiger partial charge in [-0.1, -0.05) is 0 Å². The summed E-state index contributed by atoms with van der Waals surface area (Å²) in [5, 5.41) is 7.42. The molecule has 162 valence electrons. The molecule has 0 unspecified atom stereocenters. The summed E-state index contributed by atoms with van der Waals surface area (Å²) in [5.41, 5.74) is 7.06. The number of ether oxygens (including phenoxy) is 2. The number of amides is 1. The minimum absolute atomic E-state index is 0.162. The number of nitrogens with one attached hydrogen (secondary N) is 1. The molecule has 1 aliphatic rings. The maximum Gasteiger partial charge on any atom is 0.300 e. The summed E-state index contributed by atoms with van der Waals surface area (Å²) in [4.78, 5) is 42.2. The number of carbonyl (C=O) groups is 2. The van der Waals surface area contributed by atoms with Crippen molar-refractivity contribution in [3.63, 3.8) is 0 Å². The molecule has 3 rings (SSSR count). The van der Waals surface area contributed by atoms with E-state index in [1.807, 2.05) is 0 Å². The largest absolute Gasteiger partial charge is 0.493 e. The number of aromatic amines is 1. The second kappa shape index (κ2) is 11.0. The number of aliphatic carboxylic acids is 1. The average Bonchev–Trinajstić information content (AvgIpc) is 2.73. The Labute approximate surface area is 173 Å². The first-order chi connectivity index (χ1) is 14.4. The molecule has 0 saturated carbocycles. The number of aromatic nitrogens is 2. The number of carboxylic acids is 1. The van der Waals surface area contributed by atoms with Gasteiger partial charge in [-0.15, -0.1) is 0 Å². The lowest BCUT2D eigenvalue weighted by molar-refractivity contribution is -0.134. The van der Waals surface area contributed by atoms with Crippen LogP contribution in [0.4, 0.5) is 0 Å². The second-order valence-corrected chi connectivity index (χ2v) is 6.51. The molecular weight excluding hydrogens is 392 g/mol. The van der Waals surface area contributed by atoms with Crippen molar-refractivity contribution in [2.24, 2.45) is 5.73 Å². The molecule has 1 aliphatic heterocycles. The Bertz CT molecular complexity index is 939. The zero-order valence-electron chi connectivity index (χ0n) is 17.0. The minimum atomic E-state index is -0.833. The maximum atomic E-state index is 12.9. The Kier molecular flexibility index (Phi) is 8.36. The molecule has 0 atom stereocenters. The third-order valence-electron chi connectivity index (χ3n) is 4.31. The van der Waals surface area contributed by atoms with Gasteiger partial charge in [-0.2, -0.15) is 0 Å². The summed E-state index contributed by atoms with van der Waals surface area (Å²) in [6.07, 6.45) is 2.66. The number of fused-ring (bicyclic) bond motifs is 1. The zero-order chi connectivity index (χ0) is 22.1. The molecule has 4 N–H and O–H groups in total. The SMILES string of the molecule is CC(=O)O.COc1ccc(C(=O)N2CCc3nc[nH]c(=O)c3C2)cc1OCCCN. The van der Waals surface area contributed by atoms with Gasteiger partial charge < -0.3 is 30.2 Å². The lowest BCUT2D eigenvalue weighted by atomic mass is 10.1. The lowest BCUT2D eigenvalue weighted by Crippen LogP contribution is -2.39. The second-order valence-electron chi connectivity index (χ2n) is 6.51. The highest BCUT2D eigenvalue weighted by molar-refractivity contribution is 5.95. The zero-order valence-corrected chi connectivity index (χ0v) is 17.0. The highest BCUT2D eigenvalue weighted by Crippen LogP contribution is 2.29. The fourth-order valence-electron chi connectivity index (χ4n) is 2.90. The normalized spacial score (nSPS) is 12.3. The van der Waals surface area contributed by atoms with Crippen molar-refractivity contribution in [1.82, 2.24) is 14.9 Å². The van der Waals surface area contributed by atoms with Crippen LogP contribution in [0.2, 0.25) is 0 Å². The number of nitrogens with two attached hydrogens (primary N) is 1. The highest BCUT2D eigenvalue weighted by Gasteiger charge is 2.25. The fourth-order valence-corrected chi connectivity index (χ4v) is 2.90. The number of rotatable bonds is 6. The van der Waals surface area contributed by atoms with Gasteiger partial charge in [0.2, 0.25) is 0 Å². The van der Waals surface area contributed by atoms with Crippen LogP contribution in [-0.2, 0) is 17.8 Å². The van der Waals surface area contributed by atoms with E-state index >= 15 is 0 Å².